The number of H-pyrrole nitrogens is 1. The highest BCUT2D eigenvalue weighted by atomic mass is 16.3. The third-order valence-electron chi connectivity index (χ3n) is 1.06. The van der Waals surface area contributed by atoms with Crippen LogP contribution in [-0.4, -0.2) is 33.7 Å². The van der Waals surface area contributed by atoms with Gasteiger partial charge in [-0.1, -0.05) is 0 Å². The Kier molecular flexibility index (Phi) is 2.69. The van der Waals surface area contributed by atoms with E-state index in [4.69, 9.17) is 5.11 Å². The first-order valence-corrected chi connectivity index (χ1v) is 3.14. The number of anilines is 1. The minimum Gasteiger partial charge on any atom is -0.396 e. The van der Waals surface area contributed by atoms with E-state index in [1.807, 2.05) is 0 Å². The van der Waals surface area contributed by atoms with Gasteiger partial charge in [-0.25, -0.2) is 0 Å². The van der Waals surface area contributed by atoms with Crippen molar-refractivity contribution in [2.45, 2.75) is 6.42 Å². The minimum absolute atomic E-state index is 0.199. The molecule has 5 heteroatoms. The average Bonchev–Trinajstić information content (AvgIpc) is 2.41. The van der Waals surface area contributed by atoms with Crippen molar-refractivity contribution in [1.82, 2.24) is 15.4 Å². The Bertz CT molecular complexity index is 162. The highest BCUT2D eigenvalue weighted by molar-refractivity contribution is 5.27. The average molecular weight is 142 g/mol. The van der Waals surface area contributed by atoms with Crippen molar-refractivity contribution in [3.8, 4) is 0 Å². The van der Waals surface area contributed by atoms with Crippen molar-refractivity contribution in [3.63, 3.8) is 0 Å². The number of rotatable bonds is 4. The Morgan fingerprint density at radius 2 is 2.60 bits per heavy atom. The summed E-state index contributed by atoms with van der Waals surface area (Å²) in [6, 6.07) is 0. The van der Waals surface area contributed by atoms with E-state index in [1.54, 1.807) is 6.20 Å². The normalized spacial score (nSPS) is 9.70. The molecule has 0 aliphatic heterocycles. The molecule has 0 spiro atoms. The van der Waals surface area contributed by atoms with E-state index >= 15 is 0 Å². The van der Waals surface area contributed by atoms with E-state index in [2.05, 4.69) is 20.7 Å². The molecular formula is C5H10N4O. The maximum absolute atomic E-state index is 8.41. The van der Waals surface area contributed by atoms with Gasteiger partial charge in [-0.15, -0.1) is 5.10 Å². The minimum atomic E-state index is 0.199. The number of aromatic amines is 1. The fourth-order valence-corrected chi connectivity index (χ4v) is 0.582. The van der Waals surface area contributed by atoms with Gasteiger partial charge in [-0.05, 0) is 6.42 Å². The molecule has 0 bridgehead atoms. The first kappa shape index (κ1) is 7.01. The van der Waals surface area contributed by atoms with Gasteiger partial charge in [0.25, 0.3) is 0 Å². The predicted molar refractivity (Wildman–Crippen MR) is 36.6 cm³/mol. The van der Waals surface area contributed by atoms with Crippen LogP contribution in [0.15, 0.2) is 6.20 Å². The van der Waals surface area contributed by atoms with Crippen LogP contribution in [0.1, 0.15) is 6.42 Å². The molecule has 1 aromatic rings. The fourth-order valence-electron chi connectivity index (χ4n) is 0.582. The molecule has 1 rings (SSSR count). The SMILES string of the molecule is OCCCNc1cn[nH]n1. The van der Waals surface area contributed by atoms with Crippen LogP contribution < -0.4 is 5.32 Å². The molecule has 10 heavy (non-hydrogen) atoms. The lowest BCUT2D eigenvalue weighted by atomic mass is 10.4. The topological polar surface area (TPSA) is 73.8 Å². The summed E-state index contributed by atoms with van der Waals surface area (Å²) in [6.45, 7) is 0.924. The molecule has 0 amide bonds. The second kappa shape index (κ2) is 3.84. The second-order valence-corrected chi connectivity index (χ2v) is 1.86. The van der Waals surface area contributed by atoms with Crippen molar-refractivity contribution in [3.05, 3.63) is 6.20 Å². The van der Waals surface area contributed by atoms with E-state index in [0.717, 1.165) is 13.0 Å². The number of nitrogens with one attached hydrogen (secondary N) is 2. The van der Waals surface area contributed by atoms with Crippen LogP contribution in [0.3, 0.4) is 0 Å². The molecule has 0 saturated carbocycles. The first-order valence-electron chi connectivity index (χ1n) is 3.14. The van der Waals surface area contributed by atoms with Crippen LogP contribution in [0.4, 0.5) is 5.82 Å². The van der Waals surface area contributed by atoms with Crippen LogP contribution in [0.25, 0.3) is 0 Å². The summed E-state index contributed by atoms with van der Waals surface area (Å²) in [6.07, 6.45) is 2.32. The maximum Gasteiger partial charge on any atom is 0.168 e. The number of hydrogen-bond donors (Lipinski definition) is 3. The Morgan fingerprint density at radius 1 is 1.70 bits per heavy atom. The number of aliphatic hydroxyl groups excluding tert-OH is 1. The van der Waals surface area contributed by atoms with Crippen LogP contribution in [-0.2, 0) is 0 Å². The largest absolute Gasteiger partial charge is 0.396 e. The lowest BCUT2D eigenvalue weighted by molar-refractivity contribution is 0.292. The highest BCUT2D eigenvalue weighted by Gasteiger charge is 1.90. The number of aromatic nitrogens is 3. The van der Waals surface area contributed by atoms with E-state index in [-0.39, 0.29) is 6.61 Å². The van der Waals surface area contributed by atoms with Gasteiger partial charge in [0.15, 0.2) is 5.82 Å². The number of hydrogen-bond acceptors (Lipinski definition) is 4. The van der Waals surface area contributed by atoms with Crippen LogP contribution in [0.5, 0.6) is 0 Å². The molecule has 0 atom stereocenters. The maximum atomic E-state index is 8.41. The summed E-state index contributed by atoms with van der Waals surface area (Å²) in [5, 5.41) is 21.2. The van der Waals surface area contributed by atoms with Crippen molar-refractivity contribution in [2.24, 2.45) is 0 Å². The van der Waals surface area contributed by atoms with Crippen molar-refractivity contribution < 1.29 is 5.11 Å². The van der Waals surface area contributed by atoms with Gasteiger partial charge in [0.2, 0.25) is 0 Å². The zero-order valence-electron chi connectivity index (χ0n) is 5.54. The molecule has 56 valence electrons. The predicted octanol–water partition coefficient (Wildman–Crippen LogP) is -0.401. The quantitative estimate of drug-likeness (QED) is 0.500. The zero-order valence-corrected chi connectivity index (χ0v) is 5.54. The van der Waals surface area contributed by atoms with E-state index < -0.39 is 0 Å². The molecule has 0 aromatic carbocycles. The summed E-state index contributed by atoms with van der Waals surface area (Å²) >= 11 is 0. The molecule has 0 saturated heterocycles. The van der Waals surface area contributed by atoms with E-state index in [9.17, 15) is 0 Å². The Labute approximate surface area is 58.5 Å². The first-order chi connectivity index (χ1) is 4.93. The van der Waals surface area contributed by atoms with Crippen LogP contribution in [0, 0.1) is 0 Å². The Balaban J connectivity index is 2.15. The third kappa shape index (κ3) is 2.02. The van der Waals surface area contributed by atoms with Gasteiger partial charge in [-0.3, -0.25) is 0 Å². The summed E-state index contributed by atoms with van der Waals surface area (Å²) in [4.78, 5) is 0. The monoisotopic (exact) mass is 142 g/mol. The van der Waals surface area contributed by atoms with Gasteiger partial charge in [-0.2, -0.15) is 10.3 Å². The van der Waals surface area contributed by atoms with E-state index in [1.165, 1.54) is 0 Å². The fraction of sp³-hybridized carbons (Fsp3) is 0.600. The van der Waals surface area contributed by atoms with Gasteiger partial charge in [0.05, 0.1) is 6.20 Å². The number of nitrogens with zero attached hydrogens (tertiary/aromatic N) is 2. The lowest BCUT2D eigenvalue weighted by Crippen LogP contribution is -2.03. The van der Waals surface area contributed by atoms with Crippen molar-refractivity contribution in [1.29, 1.82) is 0 Å². The zero-order chi connectivity index (χ0) is 7.23. The van der Waals surface area contributed by atoms with Gasteiger partial charge in [0, 0.05) is 13.2 Å². The molecule has 1 heterocycles. The number of aliphatic hydroxyl groups is 1. The van der Waals surface area contributed by atoms with Crippen molar-refractivity contribution >= 4 is 5.82 Å². The Morgan fingerprint density at radius 3 is 3.20 bits per heavy atom. The summed E-state index contributed by atoms with van der Waals surface area (Å²) in [7, 11) is 0. The smallest absolute Gasteiger partial charge is 0.168 e. The second-order valence-electron chi connectivity index (χ2n) is 1.86. The summed E-state index contributed by atoms with van der Waals surface area (Å²) in [5.41, 5.74) is 0. The molecule has 0 fully saturated rings. The molecule has 0 radical (unpaired) electrons. The molecule has 3 N–H and O–H groups in total. The molecule has 0 aliphatic carbocycles. The lowest BCUT2D eigenvalue weighted by Gasteiger charge is -1.97. The Hall–Kier alpha value is -1.10. The standard InChI is InChI=1S/C5H10N4O/c10-3-1-2-6-5-4-7-9-8-5/h4,10H,1-3H2,(H2,6,7,8,9). The molecular weight excluding hydrogens is 132 g/mol. The van der Waals surface area contributed by atoms with Crippen LogP contribution in [0.2, 0.25) is 0 Å². The van der Waals surface area contributed by atoms with Gasteiger partial charge in [0.1, 0.15) is 0 Å². The summed E-state index contributed by atoms with van der Waals surface area (Å²) in [5.74, 6) is 0.716. The molecule has 0 unspecified atom stereocenters. The third-order valence-corrected chi connectivity index (χ3v) is 1.06. The highest BCUT2D eigenvalue weighted by Crippen LogP contribution is 1.94. The molecule has 0 aliphatic rings. The molecule has 1 aromatic heterocycles. The molecule has 5 nitrogen and oxygen atoms in total. The van der Waals surface area contributed by atoms with Gasteiger partial charge < -0.3 is 10.4 Å². The summed E-state index contributed by atoms with van der Waals surface area (Å²) < 4.78 is 0. The van der Waals surface area contributed by atoms with Crippen molar-refractivity contribution in [2.75, 3.05) is 18.5 Å². The van der Waals surface area contributed by atoms with Gasteiger partial charge >= 0.3 is 0 Å². The van der Waals surface area contributed by atoms with Crippen LogP contribution >= 0.6 is 0 Å². The van der Waals surface area contributed by atoms with E-state index in [0.29, 0.717) is 5.82 Å².